The molecule has 0 fully saturated rings. The summed E-state index contributed by atoms with van der Waals surface area (Å²) < 4.78 is 6.66. The molecule has 0 radical (unpaired) electrons. The molecule has 0 unspecified atom stereocenters. The molecule has 0 saturated heterocycles. The number of ether oxygens (including phenoxy) is 1. The van der Waals surface area contributed by atoms with Crippen LogP contribution in [0.15, 0.2) is 88.8 Å². The summed E-state index contributed by atoms with van der Waals surface area (Å²) in [6.45, 7) is 3.67. The van der Waals surface area contributed by atoms with Crippen molar-refractivity contribution in [1.29, 1.82) is 0 Å². The molecule has 0 saturated carbocycles. The molecule has 0 spiro atoms. The number of nitrogens with zero attached hydrogens (tertiary/aromatic N) is 4. The van der Waals surface area contributed by atoms with Crippen LogP contribution in [-0.4, -0.2) is 53.8 Å². The Morgan fingerprint density at radius 2 is 1.55 bits per heavy atom. The predicted molar refractivity (Wildman–Crippen MR) is 179 cm³/mol. The average Bonchev–Trinajstić information content (AvgIpc) is 3.39. The molecular weight excluding hydrogens is 600 g/mol. The Morgan fingerprint density at radius 3 is 2.17 bits per heavy atom. The number of carboxylic acid groups (broad SMARTS) is 2. The topological polar surface area (TPSA) is 142 Å². The van der Waals surface area contributed by atoms with E-state index in [0.717, 1.165) is 21.8 Å². The van der Waals surface area contributed by atoms with Crippen molar-refractivity contribution in [1.82, 2.24) is 4.57 Å². The SMILES string of the molecule is COc1ccc(C(=O)O)cc1-n1c2c(c(C)/c(=C/C=CC=Cc3ccc(N(C)C)cc3C)c1=O)C(=O)N(c1ccc(C(=O)O)cc1)N=2. The molecule has 0 bridgehead atoms. The minimum atomic E-state index is -1.22. The van der Waals surface area contributed by atoms with Crippen molar-refractivity contribution < 1.29 is 29.3 Å². The number of hydrogen-bond acceptors (Lipinski definition) is 7. The molecule has 1 aromatic heterocycles. The second-order valence-electron chi connectivity index (χ2n) is 11.0. The van der Waals surface area contributed by atoms with Crippen LogP contribution in [0.3, 0.4) is 0 Å². The number of carboxylic acids is 2. The first-order valence-electron chi connectivity index (χ1n) is 14.5. The van der Waals surface area contributed by atoms with Crippen molar-refractivity contribution in [2.75, 3.05) is 31.1 Å². The Labute approximate surface area is 269 Å². The van der Waals surface area contributed by atoms with Gasteiger partial charge in [0.05, 0.1) is 35.2 Å². The fourth-order valence-electron chi connectivity index (χ4n) is 5.23. The van der Waals surface area contributed by atoms with Gasteiger partial charge in [-0.05, 0) is 91.2 Å². The number of methoxy groups -OCH3 is 1. The van der Waals surface area contributed by atoms with Crippen LogP contribution in [0, 0.1) is 13.8 Å². The van der Waals surface area contributed by atoms with Gasteiger partial charge in [-0.25, -0.2) is 9.59 Å². The lowest BCUT2D eigenvalue weighted by Crippen LogP contribution is -2.45. The number of fused-ring (bicyclic) bond motifs is 1. The minimum Gasteiger partial charge on any atom is -0.495 e. The van der Waals surface area contributed by atoms with Gasteiger partial charge in [0.25, 0.3) is 11.5 Å². The monoisotopic (exact) mass is 632 g/mol. The summed E-state index contributed by atoms with van der Waals surface area (Å²) in [7, 11) is 5.35. The zero-order valence-corrected chi connectivity index (χ0v) is 26.4. The normalized spacial score (nSPS) is 12.9. The number of hydrogen-bond donors (Lipinski definition) is 2. The second-order valence-corrected chi connectivity index (χ2v) is 11.0. The third-order valence-corrected chi connectivity index (χ3v) is 7.81. The highest BCUT2D eigenvalue weighted by Gasteiger charge is 2.31. The van der Waals surface area contributed by atoms with Crippen molar-refractivity contribution >= 4 is 41.4 Å². The van der Waals surface area contributed by atoms with Gasteiger partial charge in [0.15, 0.2) is 5.49 Å². The summed E-state index contributed by atoms with van der Waals surface area (Å²) in [5.74, 6) is -2.69. The fourth-order valence-corrected chi connectivity index (χ4v) is 5.23. The second kappa shape index (κ2) is 13.0. The predicted octanol–water partition coefficient (Wildman–Crippen LogP) is 4.17. The number of rotatable bonds is 9. The highest BCUT2D eigenvalue weighted by molar-refractivity contribution is 6.08. The van der Waals surface area contributed by atoms with Crippen LogP contribution < -0.4 is 30.9 Å². The van der Waals surface area contributed by atoms with Gasteiger partial charge in [0.1, 0.15) is 5.75 Å². The number of allylic oxidation sites excluding steroid dienone is 3. The summed E-state index contributed by atoms with van der Waals surface area (Å²) in [6.07, 6.45) is 8.84. The Balaban J connectivity index is 1.67. The van der Waals surface area contributed by atoms with Crippen LogP contribution in [0.1, 0.15) is 47.8 Å². The van der Waals surface area contributed by atoms with E-state index in [1.54, 1.807) is 25.2 Å². The number of carbonyl (C=O) groups excluding carboxylic acids is 1. The number of aromatic carboxylic acids is 2. The molecule has 1 aliphatic rings. The number of anilines is 2. The maximum absolute atomic E-state index is 14.2. The van der Waals surface area contributed by atoms with E-state index in [2.05, 4.69) is 11.2 Å². The molecule has 47 heavy (non-hydrogen) atoms. The molecular formula is C36H32N4O7. The summed E-state index contributed by atoms with van der Waals surface area (Å²) in [6, 6.07) is 15.8. The molecule has 5 rings (SSSR count). The molecule has 4 aromatic rings. The van der Waals surface area contributed by atoms with Crippen molar-refractivity contribution in [3.05, 3.63) is 133 Å². The van der Waals surface area contributed by atoms with E-state index in [0.29, 0.717) is 5.56 Å². The maximum Gasteiger partial charge on any atom is 0.335 e. The van der Waals surface area contributed by atoms with Crippen LogP contribution >= 0.6 is 0 Å². The Morgan fingerprint density at radius 1 is 0.872 bits per heavy atom. The number of amides is 1. The first-order valence-corrected chi connectivity index (χ1v) is 14.5. The third-order valence-electron chi connectivity index (χ3n) is 7.81. The number of carbonyl (C=O) groups is 3. The lowest BCUT2D eigenvalue weighted by Gasteiger charge is -2.13. The molecule has 11 heteroatoms. The highest BCUT2D eigenvalue weighted by atomic mass is 16.5. The van der Waals surface area contributed by atoms with Crippen molar-refractivity contribution in [2.24, 2.45) is 5.10 Å². The number of aryl methyl sites for hydroxylation is 1. The maximum atomic E-state index is 14.2. The molecule has 238 valence electrons. The van der Waals surface area contributed by atoms with E-state index in [-0.39, 0.29) is 44.5 Å². The van der Waals surface area contributed by atoms with Crippen molar-refractivity contribution in [2.45, 2.75) is 13.8 Å². The Kier molecular flexibility index (Phi) is 8.91. The number of pyridine rings is 1. The first kappa shape index (κ1) is 32.2. The molecule has 1 amide bonds. The summed E-state index contributed by atoms with van der Waals surface area (Å²) >= 11 is 0. The van der Waals surface area contributed by atoms with E-state index in [4.69, 9.17) is 4.74 Å². The van der Waals surface area contributed by atoms with Gasteiger partial charge in [-0.3, -0.25) is 14.2 Å². The zero-order chi connectivity index (χ0) is 34.0. The van der Waals surface area contributed by atoms with Crippen molar-refractivity contribution in [3.8, 4) is 11.4 Å². The quantitative estimate of drug-likeness (QED) is 0.262. The van der Waals surface area contributed by atoms with Gasteiger partial charge in [-0.15, -0.1) is 5.10 Å². The van der Waals surface area contributed by atoms with Crippen molar-refractivity contribution in [3.63, 3.8) is 0 Å². The van der Waals surface area contributed by atoms with Gasteiger partial charge in [-0.1, -0.05) is 30.4 Å². The standard InChI is InChI=1S/C36H32N4O7/c1-21-19-27(38(3)4)17-11-23(21)9-7-6-8-10-28-22(2)31-32(37-40(34(31)42)26-15-12-24(13-16-26)35(43)44)39(33(28)41)29-20-25(36(45)46)14-18-30(29)47-5/h6-20H,1-5H3,(H,43,44)(H,45,46)/b8-6?,9-7?,28-10-. The van der Waals surface area contributed by atoms with E-state index in [1.165, 1.54) is 54.1 Å². The molecule has 1 aliphatic heterocycles. The van der Waals surface area contributed by atoms with E-state index in [1.807, 2.05) is 50.2 Å². The molecule has 0 aliphatic carbocycles. The molecule has 2 heterocycles. The largest absolute Gasteiger partial charge is 0.495 e. The molecule has 2 N–H and O–H groups in total. The van der Waals surface area contributed by atoms with E-state index >= 15 is 0 Å². The number of benzene rings is 3. The lowest BCUT2D eigenvalue weighted by atomic mass is 10.1. The molecule has 0 atom stereocenters. The first-order chi connectivity index (χ1) is 22.4. The number of aromatic nitrogens is 1. The van der Waals surface area contributed by atoms with Gasteiger partial charge >= 0.3 is 11.9 Å². The highest BCUT2D eigenvalue weighted by Crippen LogP contribution is 2.25. The van der Waals surface area contributed by atoms with Gasteiger partial charge < -0.3 is 19.8 Å². The Hall–Kier alpha value is -6.23. The fraction of sp³-hybridized carbons (Fsp3) is 0.139. The van der Waals surface area contributed by atoms with Crippen LogP contribution in [-0.2, 0) is 0 Å². The zero-order valence-electron chi connectivity index (χ0n) is 26.4. The lowest BCUT2D eigenvalue weighted by molar-refractivity contribution is 0.0686. The minimum absolute atomic E-state index is 0.0154. The van der Waals surface area contributed by atoms with Gasteiger partial charge in [0, 0.05) is 25.0 Å². The Bertz CT molecular complexity index is 2180. The third kappa shape index (κ3) is 6.19. The van der Waals surface area contributed by atoms with E-state index in [9.17, 15) is 29.4 Å². The summed E-state index contributed by atoms with van der Waals surface area (Å²) in [4.78, 5) is 53.4. The van der Waals surface area contributed by atoms with Crippen LogP contribution in [0.2, 0.25) is 0 Å². The summed E-state index contributed by atoms with van der Waals surface area (Å²) in [5.41, 5.74) is 3.46. The van der Waals surface area contributed by atoms with Crippen LogP contribution in [0.5, 0.6) is 5.75 Å². The van der Waals surface area contributed by atoms with Crippen LogP contribution in [0.25, 0.3) is 17.8 Å². The van der Waals surface area contributed by atoms with Gasteiger partial charge in [-0.2, -0.15) is 5.01 Å². The molecule has 11 nitrogen and oxygen atoms in total. The summed E-state index contributed by atoms with van der Waals surface area (Å²) in [5, 5.41) is 24.8. The van der Waals surface area contributed by atoms with E-state index < -0.39 is 23.4 Å². The average molecular weight is 633 g/mol. The smallest absolute Gasteiger partial charge is 0.335 e. The van der Waals surface area contributed by atoms with Gasteiger partial charge in [0.2, 0.25) is 0 Å². The molecule has 3 aromatic carbocycles. The van der Waals surface area contributed by atoms with Crippen LogP contribution in [0.4, 0.5) is 11.4 Å².